The number of carbonyl (C=O) groups is 4. The summed E-state index contributed by atoms with van der Waals surface area (Å²) in [6.45, 7) is 30.6. The van der Waals surface area contributed by atoms with Crippen molar-refractivity contribution in [2.75, 3.05) is 52.6 Å². The van der Waals surface area contributed by atoms with Crippen molar-refractivity contribution in [1.29, 1.82) is 0 Å². The smallest absolute Gasteiger partial charge is 0.269 e. The van der Waals surface area contributed by atoms with Crippen LogP contribution in [0.4, 0.5) is 0 Å². The van der Waals surface area contributed by atoms with Crippen LogP contribution >= 0.6 is 0 Å². The third kappa shape index (κ3) is 21.3. The van der Waals surface area contributed by atoms with Crippen molar-refractivity contribution in [2.24, 2.45) is 0 Å². The zero-order valence-electron chi connectivity index (χ0n) is 61.1. The molecular weight excluding hydrogens is 1250 g/mol. The first-order chi connectivity index (χ1) is 47.8. The second-order valence-corrected chi connectivity index (χ2v) is 30.3. The van der Waals surface area contributed by atoms with Crippen molar-refractivity contribution in [2.45, 2.75) is 182 Å². The van der Waals surface area contributed by atoms with Gasteiger partial charge in [-0.25, -0.2) is 0 Å². The summed E-state index contributed by atoms with van der Waals surface area (Å²) < 4.78 is 29.2. The van der Waals surface area contributed by atoms with E-state index in [-0.39, 0.29) is 45.3 Å². The summed E-state index contributed by atoms with van der Waals surface area (Å²) in [4.78, 5) is 69.6. The van der Waals surface area contributed by atoms with Gasteiger partial charge in [0.25, 0.3) is 23.6 Å². The molecule has 9 rings (SSSR count). The van der Waals surface area contributed by atoms with E-state index in [9.17, 15) is 19.2 Å². The quantitative estimate of drug-likeness (QED) is 0.0338. The number of ether oxygens (including phenoxy) is 4. The highest BCUT2D eigenvalue weighted by Gasteiger charge is 2.30. The van der Waals surface area contributed by atoms with Crippen LogP contribution in [0.3, 0.4) is 0 Å². The Kier molecular flexibility index (Phi) is 25.8. The maximum Gasteiger partial charge on any atom is 0.269 e. The Morgan fingerprint density at radius 3 is 0.650 bits per heavy atom. The molecule has 16 heteroatoms. The standard InChI is InChI=1S/C84H104N8O8/c1-81(2,3)65-49-57-45-59-51-66(82(4,5)6)53-61(74(59)98-42-26-22-38-90-78(94)70-30-14-18-34-86-70)47-63-55-68(84(10,11)12)56-64(76(63)100-44-28-24-40-92-80(96)72-32-16-20-36-88-72)48-62-54-67(83(7,8)9)52-60(75(62)99-43-27-23-39-91-79(95)71-31-15-19-35-87-71)46-58(50-65)73(57)97-41-25-21-37-89-77(93)69-29-13-17-33-85-69/h13-20,29-36,49-56H,21-28,37-48H2,1-12H3,(H,89,93)(H,90,94)(H,91,95)(H,92,96). The lowest BCUT2D eigenvalue weighted by atomic mass is 9.79. The van der Waals surface area contributed by atoms with Gasteiger partial charge in [-0.3, -0.25) is 39.1 Å². The van der Waals surface area contributed by atoms with Crippen LogP contribution in [0.5, 0.6) is 23.0 Å². The lowest BCUT2D eigenvalue weighted by Crippen LogP contribution is -2.25. The molecule has 1 aliphatic carbocycles. The monoisotopic (exact) mass is 1350 g/mol. The number of pyridine rings is 4. The van der Waals surface area contributed by atoms with Crippen molar-refractivity contribution in [1.82, 2.24) is 41.2 Å². The fraction of sp³-hybridized carbons (Fsp3) is 0.429. The normalized spacial score (nSPS) is 12.4. The number of unbranched alkanes of at least 4 members (excludes halogenated alkanes) is 4. The first-order valence-electron chi connectivity index (χ1n) is 35.7. The highest BCUT2D eigenvalue weighted by molar-refractivity contribution is 5.93. The molecule has 4 aromatic carbocycles. The molecule has 0 aliphatic heterocycles. The molecule has 0 saturated carbocycles. The lowest BCUT2D eigenvalue weighted by molar-refractivity contribution is 0.0939. The van der Waals surface area contributed by atoms with Crippen molar-refractivity contribution in [3.05, 3.63) is 236 Å². The third-order valence-electron chi connectivity index (χ3n) is 18.0. The van der Waals surface area contributed by atoms with Gasteiger partial charge in [-0.1, -0.05) is 156 Å². The van der Waals surface area contributed by atoms with E-state index >= 15 is 0 Å². The van der Waals surface area contributed by atoms with Gasteiger partial charge in [-0.05, 0) is 188 Å². The van der Waals surface area contributed by atoms with Gasteiger partial charge in [0.2, 0.25) is 0 Å². The minimum Gasteiger partial charge on any atom is -0.493 e. The van der Waals surface area contributed by atoms with Gasteiger partial charge in [-0.15, -0.1) is 0 Å². The van der Waals surface area contributed by atoms with E-state index in [0.29, 0.717) is 152 Å². The summed E-state index contributed by atoms with van der Waals surface area (Å²) in [5.74, 6) is 2.37. The molecular formula is C84H104N8O8. The molecule has 4 amide bonds. The van der Waals surface area contributed by atoms with E-state index in [0.717, 1.165) is 89.8 Å². The molecule has 0 saturated heterocycles. The highest BCUT2D eigenvalue weighted by Crippen LogP contribution is 2.45. The van der Waals surface area contributed by atoms with E-state index in [2.05, 4.69) is 173 Å². The zero-order chi connectivity index (χ0) is 71.5. The molecule has 4 N–H and O–H groups in total. The number of carbonyl (C=O) groups excluding carboxylic acids is 4. The van der Waals surface area contributed by atoms with Gasteiger partial charge >= 0.3 is 0 Å². The predicted molar refractivity (Wildman–Crippen MR) is 397 cm³/mol. The van der Waals surface area contributed by atoms with Crippen LogP contribution in [0.15, 0.2) is 146 Å². The second-order valence-electron chi connectivity index (χ2n) is 30.3. The van der Waals surface area contributed by atoms with Crippen LogP contribution in [-0.2, 0) is 47.3 Å². The van der Waals surface area contributed by atoms with Crippen molar-refractivity contribution >= 4 is 23.6 Å². The Labute approximate surface area is 593 Å². The molecule has 4 aromatic heterocycles. The number of fused-ring (bicyclic) bond motifs is 8. The average molecular weight is 1350 g/mol. The van der Waals surface area contributed by atoms with E-state index in [1.807, 2.05) is 24.3 Å². The van der Waals surface area contributed by atoms with Crippen LogP contribution in [0.2, 0.25) is 0 Å². The van der Waals surface area contributed by atoms with Crippen LogP contribution in [0.1, 0.15) is 243 Å². The highest BCUT2D eigenvalue weighted by atomic mass is 16.5. The lowest BCUT2D eigenvalue weighted by Gasteiger charge is -2.29. The van der Waals surface area contributed by atoms with Crippen molar-refractivity contribution in [3.8, 4) is 23.0 Å². The first kappa shape index (κ1) is 74.8. The van der Waals surface area contributed by atoms with E-state index in [1.54, 1.807) is 73.3 Å². The first-order valence-corrected chi connectivity index (χ1v) is 35.7. The number of hydrogen-bond donors (Lipinski definition) is 4. The Balaban J connectivity index is 1.19. The number of hydrogen-bond acceptors (Lipinski definition) is 12. The molecule has 4 heterocycles. The minimum atomic E-state index is -0.278. The molecule has 0 atom stereocenters. The number of nitrogens with one attached hydrogen (secondary N) is 4. The summed E-state index contributed by atoms with van der Waals surface area (Å²) in [5.41, 5.74) is 13.2. The Morgan fingerprint density at radius 2 is 0.490 bits per heavy atom. The van der Waals surface area contributed by atoms with Crippen LogP contribution in [-0.4, -0.2) is 96.2 Å². The van der Waals surface area contributed by atoms with Gasteiger partial charge in [-0.2, -0.15) is 0 Å². The van der Waals surface area contributed by atoms with Gasteiger partial charge in [0.1, 0.15) is 45.8 Å². The zero-order valence-corrected chi connectivity index (χ0v) is 61.1. The fourth-order valence-corrected chi connectivity index (χ4v) is 12.1. The summed E-state index contributed by atoms with van der Waals surface area (Å²) in [7, 11) is 0. The average Bonchev–Trinajstić information content (AvgIpc) is 0.761. The molecule has 8 aromatic rings. The van der Waals surface area contributed by atoms with Crippen molar-refractivity contribution < 1.29 is 38.1 Å². The number of nitrogens with zero attached hydrogens (tertiary/aromatic N) is 4. The van der Waals surface area contributed by atoms with E-state index in [1.165, 1.54) is 0 Å². The molecule has 0 radical (unpaired) electrons. The van der Waals surface area contributed by atoms with Crippen LogP contribution in [0, 0.1) is 0 Å². The predicted octanol–water partition coefficient (Wildman–Crippen LogP) is 15.5. The number of amides is 4. The van der Waals surface area contributed by atoms with Gasteiger partial charge in [0.05, 0.1) is 26.4 Å². The van der Waals surface area contributed by atoms with Gasteiger partial charge < -0.3 is 40.2 Å². The fourth-order valence-electron chi connectivity index (χ4n) is 12.1. The molecule has 0 fully saturated rings. The molecule has 0 spiro atoms. The number of aromatic nitrogens is 4. The van der Waals surface area contributed by atoms with Crippen LogP contribution in [0.25, 0.3) is 0 Å². The molecule has 0 unspecified atom stereocenters. The maximum atomic E-state index is 13.1. The summed E-state index contributed by atoms with van der Waals surface area (Å²) in [6.07, 6.45) is 13.8. The Bertz CT molecular complexity index is 3420. The van der Waals surface area contributed by atoms with Gasteiger partial charge in [0.15, 0.2) is 0 Å². The van der Waals surface area contributed by atoms with Gasteiger partial charge in [0, 0.05) is 76.6 Å². The molecule has 16 nitrogen and oxygen atoms in total. The Hall–Kier alpha value is -9.44. The van der Waals surface area contributed by atoms with E-state index in [4.69, 9.17) is 18.9 Å². The topological polar surface area (TPSA) is 205 Å². The summed E-state index contributed by atoms with van der Waals surface area (Å²) in [6, 6.07) is 40.0. The molecule has 1 aliphatic rings. The largest absolute Gasteiger partial charge is 0.493 e. The maximum absolute atomic E-state index is 13.1. The number of rotatable bonds is 28. The van der Waals surface area contributed by atoms with E-state index < -0.39 is 0 Å². The number of benzene rings is 4. The summed E-state index contributed by atoms with van der Waals surface area (Å²) >= 11 is 0. The molecule has 100 heavy (non-hydrogen) atoms. The molecule has 8 bridgehead atoms. The molecule has 528 valence electrons. The minimum absolute atomic E-state index is 0.213. The second kappa shape index (κ2) is 34.6. The SMILES string of the molecule is CC(C)(C)c1cc2c(OCCCCNC(=O)c3ccccn3)c(c1)Cc1cc(C(C)(C)C)cc(c1OCCCCNC(=O)c1ccccn1)Cc1cc(C(C)(C)C)cc(c1OCCCCNC(=O)c1ccccn1)Cc1cc(C(C)(C)C)cc(c1OCCCCNC(=O)c1ccccn1)C2. The van der Waals surface area contributed by atoms with Crippen LogP contribution < -0.4 is 40.2 Å². The van der Waals surface area contributed by atoms with Crippen molar-refractivity contribution in [3.63, 3.8) is 0 Å². The third-order valence-corrected chi connectivity index (χ3v) is 18.0. The Morgan fingerprint density at radius 1 is 0.300 bits per heavy atom. The summed E-state index contributed by atoms with van der Waals surface area (Å²) in [5, 5.41) is 12.2.